The Morgan fingerprint density at radius 1 is 1.35 bits per heavy atom. The monoisotopic (exact) mass is 331 g/mol. The summed E-state index contributed by atoms with van der Waals surface area (Å²) >= 11 is 0. The lowest BCUT2D eigenvalue weighted by atomic mass is 9.96. The molecule has 2 atom stereocenters. The van der Waals surface area contributed by atoms with Crippen LogP contribution in [0.15, 0.2) is 18.3 Å². The Morgan fingerprint density at radius 2 is 2.00 bits per heavy atom. The number of carboxylic acid groups (broad SMARTS) is 1. The second kappa shape index (κ2) is 6.05. The van der Waals surface area contributed by atoms with Crippen molar-refractivity contribution in [1.82, 2.24) is 9.88 Å². The molecule has 0 bridgehead atoms. The fourth-order valence-electron chi connectivity index (χ4n) is 2.53. The number of carbonyl (C=O) groups is 2. The minimum Gasteiger partial charge on any atom is -0.481 e. The first-order valence-corrected chi connectivity index (χ1v) is 6.83. The summed E-state index contributed by atoms with van der Waals surface area (Å²) in [6, 6.07) is 3.11. The SMILES string of the molecule is CN(C)c1ccnc(C(=O)N2C[C@@H](C(F)(F)F)[C@H](C(=O)O)C2)c1. The molecule has 2 heterocycles. The van der Waals surface area contributed by atoms with E-state index in [2.05, 4.69) is 4.98 Å². The number of carbonyl (C=O) groups excluding carboxylic acids is 1. The van der Waals surface area contributed by atoms with E-state index in [1.807, 2.05) is 0 Å². The number of aliphatic carboxylic acids is 1. The van der Waals surface area contributed by atoms with Crippen LogP contribution in [0, 0.1) is 11.8 Å². The Bertz CT molecular complexity index is 619. The molecule has 1 fully saturated rings. The summed E-state index contributed by atoms with van der Waals surface area (Å²) in [5.41, 5.74) is 0.660. The summed E-state index contributed by atoms with van der Waals surface area (Å²) in [6.45, 7) is -1.15. The molecule has 126 valence electrons. The molecule has 0 unspecified atom stereocenters. The van der Waals surface area contributed by atoms with E-state index < -0.39 is 43.0 Å². The van der Waals surface area contributed by atoms with Gasteiger partial charge in [0.25, 0.3) is 5.91 Å². The van der Waals surface area contributed by atoms with E-state index in [9.17, 15) is 22.8 Å². The van der Waals surface area contributed by atoms with Crippen molar-refractivity contribution in [1.29, 1.82) is 0 Å². The Balaban J connectivity index is 2.24. The van der Waals surface area contributed by atoms with E-state index in [0.717, 1.165) is 4.90 Å². The lowest BCUT2D eigenvalue weighted by Gasteiger charge is -2.19. The third-order valence-electron chi connectivity index (χ3n) is 3.82. The number of aromatic nitrogens is 1. The summed E-state index contributed by atoms with van der Waals surface area (Å²) in [5.74, 6) is -5.98. The minimum atomic E-state index is -4.67. The van der Waals surface area contributed by atoms with Crippen molar-refractivity contribution in [3.05, 3.63) is 24.0 Å². The van der Waals surface area contributed by atoms with E-state index in [-0.39, 0.29) is 5.69 Å². The van der Waals surface area contributed by atoms with Gasteiger partial charge in [-0.3, -0.25) is 14.6 Å². The quantitative estimate of drug-likeness (QED) is 0.908. The summed E-state index contributed by atoms with van der Waals surface area (Å²) in [6.07, 6.45) is -3.29. The minimum absolute atomic E-state index is 0.0110. The van der Waals surface area contributed by atoms with Gasteiger partial charge in [-0.1, -0.05) is 0 Å². The van der Waals surface area contributed by atoms with Crippen LogP contribution in [0.1, 0.15) is 10.5 Å². The second-order valence-electron chi connectivity index (χ2n) is 5.60. The molecular weight excluding hydrogens is 315 g/mol. The van der Waals surface area contributed by atoms with E-state index in [1.54, 1.807) is 25.1 Å². The number of anilines is 1. The fourth-order valence-corrected chi connectivity index (χ4v) is 2.53. The van der Waals surface area contributed by atoms with E-state index >= 15 is 0 Å². The molecule has 23 heavy (non-hydrogen) atoms. The maximum absolute atomic E-state index is 13.0. The third kappa shape index (κ3) is 3.54. The fraction of sp³-hybridized carbons (Fsp3) is 0.500. The van der Waals surface area contributed by atoms with Crippen molar-refractivity contribution >= 4 is 17.6 Å². The highest BCUT2D eigenvalue weighted by molar-refractivity contribution is 5.93. The van der Waals surface area contributed by atoms with Crippen LogP contribution in [0.3, 0.4) is 0 Å². The predicted molar refractivity (Wildman–Crippen MR) is 75.1 cm³/mol. The molecular formula is C14H16F3N3O3. The highest BCUT2D eigenvalue weighted by atomic mass is 19.4. The first-order valence-electron chi connectivity index (χ1n) is 6.83. The molecule has 0 spiro atoms. The van der Waals surface area contributed by atoms with Crippen LogP contribution >= 0.6 is 0 Å². The second-order valence-corrected chi connectivity index (χ2v) is 5.60. The van der Waals surface area contributed by atoms with Crippen LogP contribution in [-0.2, 0) is 4.79 Å². The number of hydrogen-bond acceptors (Lipinski definition) is 4. The van der Waals surface area contributed by atoms with Gasteiger partial charge in [0.05, 0.1) is 11.8 Å². The number of nitrogens with zero attached hydrogens (tertiary/aromatic N) is 3. The van der Waals surface area contributed by atoms with Crippen LogP contribution in [0.25, 0.3) is 0 Å². The molecule has 1 N–H and O–H groups in total. The average molecular weight is 331 g/mol. The zero-order chi connectivity index (χ0) is 17.4. The van der Waals surface area contributed by atoms with E-state index in [4.69, 9.17) is 5.11 Å². The zero-order valence-corrected chi connectivity index (χ0v) is 12.5. The van der Waals surface area contributed by atoms with Gasteiger partial charge in [-0.25, -0.2) is 0 Å². The smallest absolute Gasteiger partial charge is 0.394 e. The summed E-state index contributed by atoms with van der Waals surface area (Å²) in [4.78, 5) is 29.9. The molecule has 6 nitrogen and oxygen atoms in total. The van der Waals surface area contributed by atoms with E-state index in [1.165, 1.54) is 12.3 Å². The van der Waals surface area contributed by atoms with Crippen LogP contribution in [0.5, 0.6) is 0 Å². The number of carboxylic acids is 1. The highest BCUT2D eigenvalue weighted by Gasteiger charge is 2.53. The van der Waals surface area contributed by atoms with Crippen molar-refractivity contribution in [2.45, 2.75) is 6.18 Å². The standard InChI is InChI=1S/C14H16F3N3O3/c1-19(2)8-3-4-18-11(5-8)12(21)20-6-9(13(22)23)10(7-20)14(15,16)17/h3-5,9-10H,6-7H2,1-2H3,(H,22,23)/t9-,10-/m1/s1. The Morgan fingerprint density at radius 3 is 2.48 bits per heavy atom. The summed E-state index contributed by atoms with van der Waals surface area (Å²) < 4.78 is 38.9. The topological polar surface area (TPSA) is 73.7 Å². The number of amides is 1. The highest BCUT2D eigenvalue weighted by Crippen LogP contribution is 2.38. The number of alkyl halides is 3. The number of hydrogen-bond donors (Lipinski definition) is 1. The molecule has 1 aliphatic heterocycles. The van der Waals surface area contributed by atoms with Crippen LogP contribution < -0.4 is 4.90 Å². The van der Waals surface area contributed by atoms with E-state index in [0.29, 0.717) is 5.69 Å². The van der Waals surface area contributed by atoms with Crippen molar-refractivity contribution < 1.29 is 27.9 Å². The zero-order valence-electron chi connectivity index (χ0n) is 12.5. The lowest BCUT2D eigenvalue weighted by Crippen LogP contribution is -2.34. The van der Waals surface area contributed by atoms with Gasteiger partial charge in [0, 0.05) is 39.1 Å². The molecule has 1 saturated heterocycles. The Hall–Kier alpha value is -2.32. The van der Waals surface area contributed by atoms with Gasteiger partial charge in [-0.15, -0.1) is 0 Å². The summed E-state index contributed by atoms with van der Waals surface area (Å²) in [5, 5.41) is 8.97. The molecule has 1 aromatic rings. The maximum atomic E-state index is 13.0. The largest absolute Gasteiger partial charge is 0.481 e. The van der Waals surface area contributed by atoms with Crippen molar-refractivity contribution in [3.8, 4) is 0 Å². The number of likely N-dealkylation sites (tertiary alicyclic amines) is 1. The third-order valence-corrected chi connectivity index (χ3v) is 3.82. The lowest BCUT2D eigenvalue weighted by molar-refractivity contribution is -0.187. The first kappa shape index (κ1) is 17.0. The Kier molecular flexibility index (Phi) is 4.49. The van der Waals surface area contributed by atoms with Gasteiger partial charge in [0.1, 0.15) is 5.69 Å². The molecule has 2 rings (SSSR count). The molecule has 0 saturated carbocycles. The molecule has 0 aromatic carbocycles. The molecule has 9 heteroatoms. The van der Waals surface area contributed by atoms with Gasteiger partial charge in [-0.2, -0.15) is 13.2 Å². The van der Waals surface area contributed by atoms with Gasteiger partial charge in [0.2, 0.25) is 0 Å². The number of pyridine rings is 1. The summed E-state index contributed by atoms with van der Waals surface area (Å²) in [7, 11) is 3.50. The van der Waals surface area contributed by atoms with Gasteiger partial charge < -0.3 is 14.9 Å². The van der Waals surface area contributed by atoms with Crippen molar-refractivity contribution in [2.24, 2.45) is 11.8 Å². The van der Waals surface area contributed by atoms with Crippen molar-refractivity contribution in [2.75, 3.05) is 32.1 Å². The van der Waals surface area contributed by atoms with Gasteiger partial charge in [0.15, 0.2) is 0 Å². The average Bonchev–Trinajstić information content (AvgIpc) is 2.92. The molecule has 1 aliphatic rings. The normalized spacial score (nSPS) is 21.3. The van der Waals surface area contributed by atoms with Crippen molar-refractivity contribution in [3.63, 3.8) is 0 Å². The first-order chi connectivity index (χ1) is 10.6. The number of rotatable bonds is 3. The van der Waals surface area contributed by atoms with Crippen LogP contribution in [0.4, 0.5) is 18.9 Å². The number of halogens is 3. The Labute approximate surface area is 130 Å². The molecule has 1 amide bonds. The maximum Gasteiger partial charge on any atom is 0.394 e. The predicted octanol–water partition coefficient (Wildman–Crippen LogP) is 1.48. The van der Waals surface area contributed by atoms with Gasteiger partial charge in [-0.05, 0) is 12.1 Å². The molecule has 1 aromatic heterocycles. The van der Waals surface area contributed by atoms with Crippen LogP contribution in [0.2, 0.25) is 0 Å². The van der Waals surface area contributed by atoms with Crippen LogP contribution in [-0.4, -0.2) is 60.2 Å². The van der Waals surface area contributed by atoms with Gasteiger partial charge >= 0.3 is 12.1 Å². The molecule has 0 radical (unpaired) electrons. The molecule has 0 aliphatic carbocycles.